The van der Waals surface area contributed by atoms with Crippen LogP contribution in [0.4, 0.5) is 11.4 Å². The number of imide groups is 1. The van der Waals surface area contributed by atoms with E-state index in [2.05, 4.69) is 5.32 Å². The van der Waals surface area contributed by atoms with Crippen LogP contribution in [-0.2, 0) is 16.0 Å². The first-order chi connectivity index (χ1) is 11.5. The van der Waals surface area contributed by atoms with Crippen LogP contribution in [0.25, 0.3) is 0 Å². The lowest BCUT2D eigenvalue weighted by Crippen LogP contribution is -2.33. The predicted molar refractivity (Wildman–Crippen MR) is 96.0 cm³/mol. The summed E-state index contributed by atoms with van der Waals surface area (Å²) >= 11 is 6.17. The molecule has 1 aliphatic heterocycles. The summed E-state index contributed by atoms with van der Waals surface area (Å²) in [5, 5.41) is 2.92. The number of carbonyl (C=O) groups is 2. The molecule has 0 fully saturated rings. The fraction of sp³-hybridized carbons (Fsp3) is 0.158. The van der Waals surface area contributed by atoms with Crippen molar-refractivity contribution in [1.82, 2.24) is 0 Å². The average molecular weight is 341 g/mol. The van der Waals surface area contributed by atoms with Crippen LogP contribution in [0.15, 0.2) is 59.3 Å². The molecule has 24 heavy (non-hydrogen) atoms. The molecule has 1 N–H and O–H groups in total. The van der Waals surface area contributed by atoms with Gasteiger partial charge in [0.25, 0.3) is 11.8 Å². The molecule has 0 aliphatic carbocycles. The quantitative estimate of drug-likeness (QED) is 0.856. The van der Waals surface area contributed by atoms with Gasteiger partial charge in [0.05, 0.1) is 5.69 Å². The SMILES string of the molecule is CCc1ccccc1N1C(=O)C(Cl)=C(Nc2ccccc2C)C1=O. The van der Waals surface area contributed by atoms with Crippen LogP contribution in [0, 0.1) is 6.92 Å². The highest BCUT2D eigenvalue weighted by atomic mass is 35.5. The number of halogens is 1. The maximum Gasteiger partial charge on any atom is 0.283 e. The second-order valence-corrected chi connectivity index (χ2v) is 5.93. The summed E-state index contributed by atoms with van der Waals surface area (Å²) in [5.41, 5.74) is 3.32. The second-order valence-electron chi connectivity index (χ2n) is 5.56. The molecule has 0 saturated heterocycles. The van der Waals surface area contributed by atoms with Gasteiger partial charge in [0.1, 0.15) is 10.7 Å². The Hall–Kier alpha value is -2.59. The fourth-order valence-corrected chi connectivity index (χ4v) is 2.92. The van der Waals surface area contributed by atoms with Gasteiger partial charge in [-0.1, -0.05) is 54.9 Å². The predicted octanol–water partition coefficient (Wildman–Crippen LogP) is 3.99. The Balaban J connectivity index is 1.98. The third-order valence-corrected chi connectivity index (χ3v) is 4.40. The summed E-state index contributed by atoms with van der Waals surface area (Å²) in [5.74, 6) is -0.937. The lowest BCUT2D eigenvalue weighted by molar-refractivity contribution is -0.120. The monoisotopic (exact) mass is 340 g/mol. The second kappa shape index (κ2) is 6.49. The topological polar surface area (TPSA) is 49.4 Å². The van der Waals surface area contributed by atoms with E-state index >= 15 is 0 Å². The van der Waals surface area contributed by atoms with Gasteiger partial charge in [-0.15, -0.1) is 0 Å². The number of hydrogen-bond acceptors (Lipinski definition) is 3. The van der Waals surface area contributed by atoms with Crippen LogP contribution in [0.1, 0.15) is 18.1 Å². The highest BCUT2D eigenvalue weighted by Gasteiger charge is 2.39. The number of aryl methyl sites for hydroxylation is 2. The first-order valence-electron chi connectivity index (χ1n) is 7.73. The lowest BCUT2D eigenvalue weighted by atomic mass is 10.1. The number of carbonyl (C=O) groups excluding carboxylic acids is 2. The Morgan fingerprint density at radius 2 is 1.67 bits per heavy atom. The molecule has 0 saturated carbocycles. The maximum absolute atomic E-state index is 12.8. The number of benzene rings is 2. The highest BCUT2D eigenvalue weighted by Crippen LogP contribution is 2.32. The summed E-state index contributed by atoms with van der Waals surface area (Å²) < 4.78 is 0. The highest BCUT2D eigenvalue weighted by molar-refractivity contribution is 6.53. The summed E-state index contributed by atoms with van der Waals surface area (Å²) in [4.78, 5) is 26.5. The van der Waals surface area contributed by atoms with Gasteiger partial charge in [-0.05, 0) is 36.6 Å². The van der Waals surface area contributed by atoms with Crippen molar-refractivity contribution in [3.63, 3.8) is 0 Å². The largest absolute Gasteiger partial charge is 0.349 e. The van der Waals surface area contributed by atoms with Crippen LogP contribution in [0.5, 0.6) is 0 Å². The Morgan fingerprint density at radius 1 is 1.00 bits per heavy atom. The standard InChI is InChI=1S/C19H17ClN2O2/c1-3-13-9-5-7-11-15(13)22-18(23)16(20)17(19(22)24)21-14-10-6-4-8-12(14)2/h4-11,21H,3H2,1-2H3. The molecule has 0 atom stereocenters. The van der Waals surface area contributed by atoms with Crippen LogP contribution >= 0.6 is 11.6 Å². The Labute approximate surface area is 145 Å². The Kier molecular flexibility index (Phi) is 4.40. The van der Waals surface area contributed by atoms with Crippen molar-refractivity contribution in [2.75, 3.05) is 10.2 Å². The van der Waals surface area contributed by atoms with E-state index in [4.69, 9.17) is 11.6 Å². The number of nitrogens with zero attached hydrogens (tertiary/aromatic N) is 1. The number of anilines is 2. The first kappa shape index (κ1) is 16.3. The fourth-order valence-electron chi connectivity index (χ4n) is 2.71. The molecule has 5 heteroatoms. The zero-order valence-electron chi connectivity index (χ0n) is 13.5. The molecule has 0 bridgehead atoms. The van der Waals surface area contributed by atoms with Crippen molar-refractivity contribution in [3.05, 3.63) is 70.4 Å². The number of para-hydroxylation sites is 2. The normalized spacial score (nSPS) is 14.5. The molecular formula is C19H17ClN2O2. The minimum absolute atomic E-state index is 0.0887. The zero-order valence-corrected chi connectivity index (χ0v) is 14.2. The summed E-state index contributed by atoms with van der Waals surface area (Å²) in [7, 11) is 0. The van der Waals surface area contributed by atoms with E-state index in [0.717, 1.165) is 21.7 Å². The van der Waals surface area contributed by atoms with E-state index in [1.54, 1.807) is 12.1 Å². The van der Waals surface area contributed by atoms with Gasteiger partial charge in [0.2, 0.25) is 0 Å². The summed E-state index contributed by atoms with van der Waals surface area (Å²) in [6.45, 7) is 3.90. The van der Waals surface area contributed by atoms with E-state index in [0.29, 0.717) is 12.1 Å². The Morgan fingerprint density at radius 3 is 2.38 bits per heavy atom. The van der Waals surface area contributed by atoms with Crippen LogP contribution in [0.3, 0.4) is 0 Å². The smallest absolute Gasteiger partial charge is 0.283 e. The van der Waals surface area contributed by atoms with Gasteiger partial charge >= 0.3 is 0 Å². The number of hydrogen-bond donors (Lipinski definition) is 1. The molecule has 2 amide bonds. The molecule has 0 unspecified atom stereocenters. The third-order valence-electron chi connectivity index (χ3n) is 4.05. The van der Waals surface area contributed by atoms with Crippen molar-refractivity contribution in [2.45, 2.75) is 20.3 Å². The molecule has 122 valence electrons. The van der Waals surface area contributed by atoms with Gasteiger partial charge in [0.15, 0.2) is 0 Å². The van der Waals surface area contributed by atoms with Crippen molar-refractivity contribution < 1.29 is 9.59 Å². The van der Waals surface area contributed by atoms with Crippen LogP contribution < -0.4 is 10.2 Å². The third kappa shape index (κ3) is 2.69. The summed E-state index contributed by atoms with van der Waals surface area (Å²) in [6.07, 6.45) is 0.714. The minimum atomic E-state index is -0.501. The van der Waals surface area contributed by atoms with Crippen molar-refractivity contribution in [3.8, 4) is 0 Å². The van der Waals surface area contributed by atoms with Gasteiger partial charge in [0, 0.05) is 5.69 Å². The molecule has 1 aliphatic rings. The molecule has 0 spiro atoms. The number of rotatable bonds is 4. The lowest BCUT2D eigenvalue weighted by Gasteiger charge is -2.18. The minimum Gasteiger partial charge on any atom is -0.349 e. The Bertz CT molecular complexity index is 858. The van der Waals surface area contributed by atoms with Crippen LogP contribution in [-0.4, -0.2) is 11.8 Å². The van der Waals surface area contributed by atoms with Crippen molar-refractivity contribution >= 4 is 34.8 Å². The number of nitrogens with one attached hydrogen (secondary N) is 1. The first-order valence-corrected chi connectivity index (χ1v) is 8.11. The van der Waals surface area contributed by atoms with Gasteiger partial charge in [-0.2, -0.15) is 0 Å². The zero-order chi connectivity index (χ0) is 17.3. The van der Waals surface area contributed by atoms with Crippen molar-refractivity contribution in [1.29, 1.82) is 0 Å². The van der Waals surface area contributed by atoms with E-state index < -0.39 is 11.8 Å². The van der Waals surface area contributed by atoms with Gasteiger partial charge in [-0.3, -0.25) is 9.59 Å². The maximum atomic E-state index is 12.8. The van der Waals surface area contributed by atoms with Crippen LogP contribution in [0.2, 0.25) is 0 Å². The number of amides is 2. The van der Waals surface area contributed by atoms with E-state index in [9.17, 15) is 9.59 Å². The molecule has 4 nitrogen and oxygen atoms in total. The molecule has 2 aromatic carbocycles. The molecule has 0 aromatic heterocycles. The average Bonchev–Trinajstić information content (AvgIpc) is 2.80. The molecule has 1 heterocycles. The molecule has 2 aromatic rings. The van der Waals surface area contributed by atoms with Crippen molar-refractivity contribution in [2.24, 2.45) is 0 Å². The molecule has 3 rings (SSSR count). The van der Waals surface area contributed by atoms with Gasteiger partial charge in [-0.25, -0.2) is 4.90 Å². The molecule has 0 radical (unpaired) electrons. The van der Waals surface area contributed by atoms with Gasteiger partial charge < -0.3 is 5.32 Å². The van der Waals surface area contributed by atoms with E-state index in [1.807, 2.05) is 50.2 Å². The van der Waals surface area contributed by atoms with E-state index in [1.165, 1.54) is 0 Å². The molecular weight excluding hydrogens is 324 g/mol. The van der Waals surface area contributed by atoms with E-state index in [-0.39, 0.29) is 10.7 Å². The summed E-state index contributed by atoms with van der Waals surface area (Å²) in [6, 6.07) is 14.9.